The van der Waals surface area contributed by atoms with Gasteiger partial charge in [-0.2, -0.15) is 5.10 Å². The molecule has 3 nitrogen and oxygen atoms in total. The number of hydrogen-bond acceptors (Lipinski definition) is 2. The first-order valence-corrected chi connectivity index (χ1v) is 3.08. The summed E-state index contributed by atoms with van der Waals surface area (Å²) in [4.78, 5) is 3.84. The Morgan fingerprint density at radius 2 is 2.10 bits per heavy atom. The molecule has 10 heavy (non-hydrogen) atoms. The smallest absolute Gasteiger partial charge is 0.187 e. The van der Waals surface area contributed by atoms with Gasteiger partial charge in [0.1, 0.15) is 5.82 Å². The molecule has 0 radical (unpaired) electrons. The molecule has 0 spiro atoms. The molecular formula is C6H10FN3. The minimum atomic E-state index is -1.44. The Labute approximate surface area is 58.7 Å². The average Bonchev–Trinajstić information content (AvgIpc) is 2.11. The van der Waals surface area contributed by atoms with E-state index < -0.39 is 5.67 Å². The van der Waals surface area contributed by atoms with Gasteiger partial charge in [0, 0.05) is 0 Å². The monoisotopic (exact) mass is 143 g/mol. The van der Waals surface area contributed by atoms with Crippen molar-refractivity contribution < 1.29 is 4.39 Å². The summed E-state index contributed by atoms with van der Waals surface area (Å²) < 4.78 is 13.0. The van der Waals surface area contributed by atoms with Crippen LogP contribution >= 0.6 is 0 Å². The van der Waals surface area contributed by atoms with Crippen molar-refractivity contribution in [3.05, 3.63) is 11.6 Å². The largest absolute Gasteiger partial charge is 0.263 e. The summed E-state index contributed by atoms with van der Waals surface area (Å²) in [6.07, 6.45) is 0. The zero-order valence-electron chi connectivity index (χ0n) is 6.27. The Hall–Kier alpha value is -0.930. The van der Waals surface area contributed by atoms with Gasteiger partial charge >= 0.3 is 0 Å². The number of alkyl halides is 1. The van der Waals surface area contributed by atoms with Gasteiger partial charge in [-0.3, -0.25) is 5.10 Å². The van der Waals surface area contributed by atoms with Crippen LogP contribution in [0, 0.1) is 6.92 Å². The lowest BCUT2D eigenvalue weighted by molar-refractivity contribution is 0.207. The SMILES string of the molecule is Cc1nc(C(C)(C)F)n[nH]1. The molecule has 4 heteroatoms. The summed E-state index contributed by atoms with van der Waals surface area (Å²) in [6, 6.07) is 0. The number of nitrogens with one attached hydrogen (secondary N) is 1. The molecule has 1 rings (SSSR count). The van der Waals surface area contributed by atoms with E-state index in [1.165, 1.54) is 13.8 Å². The highest BCUT2D eigenvalue weighted by Gasteiger charge is 2.23. The number of halogens is 1. The highest BCUT2D eigenvalue weighted by atomic mass is 19.1. The summed E-state index contributed by atoms with van der Waals surface area (Å²) in [7, 11) is 0. The first-order chi connectivity index (χ1) is 4.50. The quantitative estimate of drug-likeness (QED) is 0.644. The molecule has 0 aliphatic rings. The minimum absolute atomic E-state index is 0.213. The van der Waals surface area contributed by atoms with Crippen molar-refractivity contribution in [2.45, 2.75) is 26.4 Å². The maximum absolute atomic E-state index is 13.0. The molecule has 0 bridgehead atoms. The normalized spacial score (nSPS) is 12.0. The van der Waals surface area contributed by atoms with Crippen molar-refractivity contribution in [1.29, 1.82) is 0 Å². The van der Waals surface area contributed by atoms with Crippen LogP contribution in [0.4, 0.5) is 4.39 Å². The van der Waals surface area contributed by atoms with Crippen molar-refractivity contribution in [3.8, 4) is 0 Å². The van der Waals surface area contributed by atoms with E-state index in [1.807, 2.05) is 0 Å². The van der Waals surface area contributed by atoms with Crippen molar-refractivity contribution in [1.82, 2.24) is 15.2 Å². The van der Waals surface area contributed by atoms with Crippen molar-refractivity contribution in [3.63, 3.8) is 0 Å². The predicted molar refractivity (Wildman–Crippen MR) is 35.3 cm³/mol. The van der Waals surface area contributed by atoms with Gasteiger partial charge in [-0.05, 0) is 20.8 Å². The van der Waals surface area contributed by atoms with Crippen LogP contribution in [0.25, 0.3) is 0 Å². The highest BCUT2D eigenvalue weighted by molar-refractivity contribution is 4.97. The van der Waals surface area contributed by atoms with Crippen LogP contribution in [-0.4, -0.2) is 15.2 Å². The fourth-order valence-electron chi connectivity index (χ4n) is 0.609. The number of aromatic amines is 1. The van der Waals surface area contributed by atoms with Crippen LogP contribution in [0.5, 0.6) is 0 Å². The summed E-state index contributed by atoms with van der Waals surface area (Å²) in [6.45, 7) is 4.59. The molecule has 0 unspecified atom stereocenters. The number of rotatable bonds is 1. The molecule has 0 atom stereocenters. The van der Waals surface area contributed by atoms with Gasteiger partial charge in [-0.15, -0.1) is 0 Å². The van der Waals surface area contributed by atoms with Gasteiger partial charge < -0.3 is 0 Å². The zero-order chi connectivity index (χ0) is 7.78. The van der Waals surface area contributed by atoms with Crippen molar-refractivity contribution in [2.75, 3.05) is 0 Å². The molecule has 0 saturated carbocycles. The number of H-pyrrole nitrogens is 1. The maximum atomic E-state index is 13.0. The maximum Gasteiger partial charge on any atom is 0.187 e. The molecule has 0 aliphatic carbocycles. The molecule has 0 fully saturated rings. The molecule has 0 amide bonds. The fourth-order valence-corrected chi connectivity index (χ4v) is 0.609. The van der Waals surface area contributed by atoms with E-state index >= 15 is 0 Å². The second kappa shape index (κ2) is 2.04. The van der Waals surface area contributed by atoms with Gasteiger partial charge in [0.2, 0.25) is 0 Å². The van der Waals surface area contributed by atoms with E-state index in [-0.39, 0.29) is 5.82 Å². The van der Waals surface area contributed by atoms with Crippen LogP contribution in [0.1, 0.15) is 25.5 Å². The van der Waals surface area contributed by atoms with Crippen LogP contribution < -0.4 is 0 Å². The van der Waals surface area contributed by atoms with Crippen LogP contribution in [0.2, 0.25) is 0 Å². The van der Waals surface area contributed by atoms with Crippen molar-refractivity contribution in [2.24, 2.45) is 0 Å². The third-order valence-corrected chi connectivity index (χ3v) is 1.13. The molecule has 56 valence electrons. The van der Waals surface area contributed by atoms with Crippen LogP contribution in [0.3, 0.4) is 0 Å². The second-order valence-corrected chi connectivity index (χ2v) is 2.72. The molecule has 1 N–H and O–H groups in total. The number of hydrogen-bond donors (Lipinski definition) is 1. The van der Waals surface area contributed by atoms with Crippen molar-refractivity contribution >= 4 is 0 Å². The first kappa shape index (κ1) is 7.18. The Kier molecular flexibility index (Phi) is 1.46. The van der Waals surface area contributed by atoms with E-state index in [4.69, 9.17) is 0 Å². The standard InChI is InChI=1S/C6H10FN3/c1-4-8-5(10-9-4)6(2,3)7/h1-3H3,(H,8,9,10). The summed E-state index contributed by atoms with van der Waals surface area (Å²) in [5.41, 5.74) is -1.44. The molecule has 1 aromatic heterocycles. The van der Waals surface area contributed by atoms with E-state index in [2.05, 4.69) is 15.2 Å². The first-order valence-electron chi connectivity index (χ1n) is 3.08. The lowest BCUT2D eigenvalue weighted by atomic mass is 10.2. The third kappa shape index (κ3) is 1.32. The second-order valence-electron chi connectivity index (χ2n) is 2.72. The predicted octanol–water partition coefficient (Wildman–Crippen LogP) is 1.32. The Bertz CT molecular complexity index is 223. The summed E-state index contributed by atoms with van der Waals surface area (Å²) in [5.74, 6) is 0.853. The number of aromatic nitrogens is 3. The zero-order valence-corrected chi connectivity index (χ0v) is 6.27. The lowest BCUT2D eigenvalue weighted by Gasteiger charge is -2.06. The Balaban J connectivity index is 2.96. The van der Waals surface area contributed by atoms with Gasteiger partial charge in [0.25, 0.3) is 0 Å². The van der Waals surface area contributed by atoms with E-state index in [1.54, 1.807) is 6.92 Å². The molecule has 0 aliphatic heterocycles. The lowest BCUT2D eigenvalue weighted by Crippen LogP contribution is -2.11. The number of aryl methyl sites for hydroxylation is 1. The fraction of sp³-hybridized carbons (Fsp3) is 0.667. The van der Waals surface area contributed by atoms with Gasteiger partial charge in [0.15, 0.2) is 11.5 Å². The molecule has 0 aromatic carbocycles. The van der Waals surface area contributed by atoms with Crippen LogP contribution in [0.15, 0.2) is 0 Å². The molecule has 1 heterocycles. The summed E-state index contributed by atoms with van der Waals surface area (Å²) in [5, 5.41) is 6.25. The Morgan fingerprint density at radius 3 is 2.30 bits per heavy atom. The molecular weight excluding hydrogens is 133 g/mol. The van der Waals surface area contributed by atoms with E-state index in [0.29, 0.717) is 5.82 Å². The van der Waals surface area contributed by atoms with E-state index in [0.717, 1.165) is 0 Å². The molecule has 0 saturated heterocycles. The van der Waals surface area contributed by atoms with E-state index in [9.17, 15) is 4.39 Å². The third-order valence-electron chi connectivity index (χ3n) is 1.13. The minimum Gasteiger partial charge on any atom is -0.263 e. The summed E-state index contributed by atoms with van der Waals surface area (Å²) >= 11 is 0. The Morgan fingerprint density at radius 1 is 1.50 bits per heavy atom. The van der Waals surface area contributed by atoms with Gasteiger partial charge in [-0.1, -0.05) is 0 Å². The molecule has 1 aromatic rings. The van der Waals surface area contributed by atoms with Gasteiger partial charge in [0.05, 0.1) is 0 Å². The van der Waals surface area contributed by atoms with Gasteiger partial charge in [-0.25, -0.2) is 9.37 Å². The topological polar surface area (TPSA) is 41.6 Å². The highest BCUT2D eigenvalue weighted by Crippen LogP contribution is 2.19. The average molecular weight is 143 g/mol. The number of nitrogens with zero attached hydrogens (tertiary/aromatic N) is 2. The van der Waals surface area contributed by atoms with Crippen LogP contribution in [-0.2, 0) is 5.67 Å².